The number of carboxylic acids is 1. The van der Waals surface area contributed by atoms with Crippen molar-refractivity contribution >= 4 is 40.1 Å². The summed E-state index contributed by atoms with van der Waals surface area (Å²) in [5.74, 6) is 0.0673. The van der Waals surface area contributed by atoms with Gasteiger partial charge >= 0.3 is 5.97 Å². The summed E-state index contributed by atoms with van der Waals surface area (Å²) in [5.41, 5.74) is 2.28. The van der Waals surface area contributed by atoms with Crippen LogP contribution in [0.5, 0.6) is 5.75 Å². The second kappa shape index (κ2) is 8.12. The zero-order chi connectivity index (χ0) is 19.5. The van der Waals surface area contributed by atoms with E-state index in [0.717, 1.165) is 23.2 Å². The van der Waals surface area contributed by atoms with Crippen molar-refractivity contribution in [2.75, 3.05) is 29.8 Å². The maximum atomic E-state index is 11.1. The standard InChI is InChI=1S/C20H19N3O3S2/c1-26-17-9-14(19(24)25)7-8-16(17)22-28-18-12-27-20(21-18)23-10-15(11-23)13-5-3-2-4-6-13/h2-9,12,15,22H,10-11H2,1H3,(H,24,25). The van der Waals surface area contributed by atoms with Gasteiger partial charge in [0.15, 0.2) is 5.13 Å². The summed E-state index contributed by atoms with van der Waals surface area (Å²) in [6.45, 7) is 1.97. The number of nitrogens with one attached hydrogen (secondary N) is 1. The normalized spacial score (nSPS) is 13.8. The fourth-order valence-corrected chi connectivity index (χ4v) is 4.65. The Bertz CT molecular complexity index is 972. The fourth-order valence-electron chi connectivity index (χ4n) is 3.03. The third kappa shape index (κ3) is 3.93. The summed E-state index contributed by atoms with van der Waals surface area (Å²) in [4.78, 5) is 18.1. The third-order valence-electron chi connectivity index (χ3n) is 4.61. The summed E-state index contributed by atoms with van der Waals surface area (Å²) in [6, 6.07) is 15.3. The molecule has 0 atom stereocenters. The summed E-state index contributed by atoms with van der Waals surface area (Å²) < 4.78 is 8.48. The maximum absolute atomic E-state index is 11.1. The number of methoxy groups -OCH3 is 1. The van der Waals surface area contributed by atoms with Crippen molar-refractivity contribution in [2.45, 2.75) is 10.9 Å². The highest BCUT2D eigenvalue weighted by molar-refractivity contribution is 8.00. The molecule has 2 N–H and O–H groups in total. The van der Waals surface area contributed by atoms with Crippen LogP contribution in [0.2, 0.25) is 0 Å². The SMILES string of the molecule is COc1cc(C(=O)O)ccc1NSc1csc(N2CC(c3ccccc3)C2)n1. The summed E-state index contributed by atoms with van der Waals surface area (Å²) in [5, 5.41) is 13.0. The van der Waals surface area contributed by atoms with E-state index < -0.39 is 5.97 Å². The first-order chi connectivity index (χ1) is 13.6. The lowest BCUT2D eigenvalue weighted by atomic mass is 9.92. The molecule has 3 aromatic rings. The number of carbonyl (C=O) groups is 1. The largest absolute Gasteiger partial charge is 0.495 e. The number of benzene rings is 2. The van der Waals surface area contributed by atoms with Gasteiger partial charge in [0, 0.05) is 36.3 Å². The van der Waals surface area contributed by atoms with Gasteiger partial charge in [-0.05, 0) is 23.8 Å². The smallest absolute Gasteiger partial charge is 0.335 e. The van der Waals surface area contributed by atoms with Gasteiger partial charge in [0.1, 0.15) is 10.8 Å². The number of thiazole rings is 1. The van der Waals surface area contributed by atoms with Crippen molar-refractivity contribution in [3.8, 4) is 5.75 Å². The highest BCUT2D eigenvalue weighted by Crippen LogP contribution is 2.36. The number of anilines is 2. The Morgan fingerprint density at radius 1 is 1.29 bits per heavy atom. The first kappa shape index (κ1) is 18.6. The quantitative estimate of drug-likeness (QED) is 0.550. The predicted octanol–water partition coefficient (Wildman–Crippen LogP) is 4.57. The molecule has 2 heterocycles. The molecule has 0 bridgehead atoms. The van der Waals surface area contributed by atoms with Crippen LogP contribution in [0.15, 0.2) is 58.9 Å². The molecule has 0 amide bonds. The number of rotatable bonds is 7. The molecule has 1 fully saturated rings. The minimum atomic E-state index is -0.981. The molecule has 0 radical (unpaired) electrons. The molecular formula is C20H19N3O3S2. The van der Waals surface area contributed by atoms with Crippen LogP contribution in [0.3, 0.4) is 0 Å². The molecule has 8 heteroatoms. The minimum absolute atomic E-state index is 0.189. The van der Waals surface area contributed by atoms with Gasteiger partial charge in [-0.15, -0.1) is 11.3 Å². The zero-order valence-electron chi connectivity index (χ0n) is 15.2. The third-order valence-corrected chi connectivity index (χ3v) is 6.40. The van der Waals surface area contributed by atoms with E-state index in [2.05, 4.69) is 38.9 Å². The van der Waals surface area contributed by atoms with Crippen LogP contribution in [-0.2, 0) is 0 Å². The van der Waals surface area contributed by atoms with Crippen molar-refractivity contribution < 1.29 is 14.6 Å². The molecule has 2 aromatic carbocycles. The molecule has 4 rings (SSSR count). The predicted molar refractivity (Wildman–Crippen MR) is 113 cm³/mol. The molecule has 0 aliphatic carbocycles. The first-order valence-corrected chi connectivity index (χ1v) is 10.4. The van der Waals surface area contributed by atoms with Gasteiger partial charge in [-0.1, -0.05) is 30.3 Å². The molecule has 144 valence electrons. The van der Waals surface area contributed by atoms with E-state index in [0.29, 0.717) is 17.4 Å². The number of aromatic nitrogens is 1. The van der Waals surface area contributed by atoms with E-state index >= 15 is 0 Å². The lowest BCUT2D eigenvalue weighted by Gasteiger charge is -2.39. The van der Waals surface area contributed by atoms with Crippen LogP contribution in [0, 0.1) is 0 Å². The van der Waals surface area contributed by atoms with Gasteiger partial charge in [0.05, 0.1) is 18.4 Å². The second-order valence-corrected chi connectivity index (χ2v) is 8.07. The van der Waals surface area contributed by atoms with Crippen molar-refractivity contribution in [2.24, 2.45) is 0 Å². The number of hydrogen-bond donors (Lipinski definition) is 2. The Morgan fingerprint density at radius 3 is 2.79 bits per heavy atom. The van der Waals surface area contributed by atoms with E-state index in [9.17, 15) is 4.79 Å². The molecule has 6 nitrogen and oxygen atoms in total. The van der Waals surface area contributed by atoms with Crippen molar-refractivity contribution in [1.29, 1.82) is 0 Å². The van der Waals surface area contributed by atoms with Crippen molar-refractivity contribution in [1.82, 2.24) is 4.98 Å². The van der Waals surface area contributed by atoms with Gasteiger partial charge < -0.3 is 19.5 Å². The number of ether oxygens (including phenoxy) is 1. The second-order valence-electron chi connectivity index (χ2n) is 6.41. The Balaban J connectivity index is 1.35. The molecule has 1 aromatic heterocycles. The highest BCUT2D eigenvalue weighted by atomic mass is 32.2. The average Bonchev–Trinajstić information content (AvgIpc) is 3.14. The van der Waals surface area contributed by atoms with Gasteiger partial charge in [0.25, 0.3) is 0 Å². The van der Waals surface area contributed by atoms with E-state index in [4.69, 9.17) is 9.84 Å². The molecule has 0 unspecified atom stereocenters. The fraction of sp³-hybridized carbons (Fsp3) is 0.200. The van der Waals surface area contributed by atoms with Crippen LogP contribution in [0.25, 0.3) is 0 Å². The van der Waals surface area contributed by atoms with E-state index in [1.165, 1.54) is 30.7 Å². The number of carboxylic acid groups (broad SMARTS) is 1. The maximum Gasteiger partial charge on any atom is 0.335 e. The monoisotopic (exact) mass is 413 g/mol. The topological polar surface area (TPSA) is 74.7 Å². The lowest BCUT2D eigenvalue weighted by Crippen LogP contribution is -2.44. The lowest BCUT2D eigenvalue weighted by molar-refractivity contribution is 0.0696. The molecule has 1 saturated heterocycles. The van der Waals surface area contributed by atoms with Gasteiger partial charge in [-0.2, -0.15) is 0 Å². The van der Waals surface area contributed by atoms with Crippen LogP contribution in [0.1, 0.15) is 21.8 Å². The molecule has 1 aliphatic rings. The van der Waals surface area contributed by atoms with Gasteiger partial charge in [-0.25, -0.2) is 9.78 Å². The van der Waals surface area contributed by atoms with Crippen LogP contribution in [-0.4, -0.2) is 36.3 Å². The average molecular weight is 414 g/mol. The Labute approximate surface area is 171 Å². The number of aromatic carboxylic acids is 1. The van der Waals surface area contributed by atoms with Gasteiger partial charge in [-0.3, -0.25) is 0 Å². The summed E-state index contributed by atoms with van der Waals surface area (Å²) >= 11 is 3.01. The zero-order valence-corrected chi connectivity index (χ0v) is 16.8. The highest BCUT2D eigenvalue weighted by Gasteiger charge is 2.29. The number of nitrogens with zero attached hydrogens (tertiary/aromatic N) is 2. The van der Waals surface area contributed by atoms with E-state index in [-0.39, 0.29) is 5.56 Å². The first-order valence-electron chi connectivity index (χ1n) is 8.73. The van der Waals surface area contributed by atoms with Crippen LogP contribution < -0.4 is 14.4 Å². The van der Waals surface area contributed by atoms with Gasteiger partial charge in [0.2, 0.25) is 0 Å². The Kier molecular flexibility index (Phi) is 5.40. The summed E-state index contributed by atoms with van der Waals surface area (Å²) in [6.07, 6.45) is 0. The molecule has 0 spiro atoms. The number of hydrogen-bond acceptors (Lipinski definition) is 7. The Morgan fingerprint density at radius 2 is 2.07 bits per heavy atom. The van der Waals surface area contributed by atoms with Crippen molar-refractivity contribution in [3.05, 3.63) is 65.0 Å². The minimum Gasteiger partial charge on any atom is -0.495 e. The molecule has 28 heavy (non-hydrogen) atoms. The van der Waals surface area contributed by atoms with E-state index in [1.54, 1.807) is 23.5 Å². The Hall–Kier alpha value is -2.71. The molecular weight excluding hydrogens is 394 g/mol. The summed E-state index contributed by atoms with van der Waals surface area (Å²) in [7, 11) is 1.52. The van der Waals surface area contributed by atoms with E-state index in [1.807, 2.05) is 11.4 Å². The van der Waals surface area contributed by atoms with Crippen LogP contribution in [0.4, 0.5) is 10.8 Å². The molecule has 1 aliphatic heterocycles. The van der Waals surface area contributed by atoms with Crippen LogP contribution >= 0.6 is 23.3 Å². The molecule has 0 saturated carbocycles. The van der Waals surface area contributed by atoms with Crippen molar-refractivity contribution in [3.63, 3.8) is 0 Å².